The highest BCUT2D eigenvalue weighted by atomic mass is 19.1. The molecule has 1 amide bonds. The van der Waals surface area contributed by atoms with E-state index in [0.717, 1.165) is 0 Å². The van der Waals surface area contributed by atoms with Crippen molar-refractivity contribution >= 4 is 11.8 Å². The Labute approximate surface area is 121 Å². The Balaban J connectivity index is 1.81. The van der Waals surface area contributed by atoms with Crippen LogP contribution in [0, 0.1) is 5.82 Å². The van der Waals surface area contributed by atoms with Crippen molar-refractivity contribution in [2.45, 2.75) is 18.6 Å². The number of amides is 1. The monoisotopic (exact) mass is 293 g/mol. The average molecular weight is 293 g/mol. The zero-order valence-corrected chi connectivity index (χ0v) is 11.4. The van der Waals surface area contributed by atoms with E-state index in [1.165, 1.54) is 11.0 Å². The quantitative estimate of drug-likeness (QED) is 0.868. The molecule has 0 spiro atoms. The van der Waals surface area contributed by atoms with Crippen molar-refractivity contribution in [3.63, 3.8) is 0 Å². The van der Waals surface area contributed by atoms with E-state index in [9.17, 15) is 9.18 Å². The third-order valence-electron chi connectivity index (χ3n) is 3.63. The number of benzene rings is 1. The van der Waals surface area contributed by atoms with Crippen molar-refractivity contribution in [1.82, 2.24) is 0 Å². The van der Waals surface area contributed by atoms with Crippen molar-refractivity contribution < 1.29 is 23.8 Å². The first kappa shape index (κ1) is 14.0. The fraction of sp³-hybridized carbons (Fsp3) is 0.400. The summed E-state index contributed by atoms with van der Waals surface area (Å²) in [4.78, 5) is 13.0. The molecule has 21 heavy (non-hydrogen) atoms. The number of nitrogens with zero attached hydrogens (tertiary/aromatic N) is 1. The summed E-state index contributed by atoms with van der Waals surface area (Å²) in [7, 11) is 0. The smallest absolute Gasteiger partial charge is 0.414 e. The molecular formula is C15H16FNO4. The maximum absolute atomic E-state index is 14.3. The molecule has 2 atom stereocenters. The Morgan fingerprint density at radius 2 is 2.24 bits per heavy atom. The molecule has 1 N–H and O–H groups in total. The maximum atomic E-state index is 14.3. The standard InChI is InChI=1S/C15H16FNO4/c16-13-7-10(17-8-11(9-18)21-15(17)19)4-5-12(13)14-3-1-2-6-20-14/h1-2,4-5,7,11,14,18H,3,6,8-9H2/t11-,14?/m1/s1. The number of halogens is 1. The second-order valence-corrected chi connectivity index (χ2v) is 5.03. The third-order valence-corrected chi connectivity index (χ3v) is 3.63. The number of rotatable bonds is 3. The topological polar surface area (TPSA) is 59.0 Å². The second-order valence-electron chi connectivity index (χ2n) is 5.03. The van der Waals surface area contributed by atoms with Gasteiger partial charge in [-0.05, 0) is 18.6 Å². The number of aliphatic hydroxyl groups excluding tert-OH is 1. The largest absolute Gasteiger partial charge is 0.441 e. The number of anilines is 1. The zero-order chi connectivity index (χ0) is 14.8. The van der Waals surface area contributed by atoms with Crippen molar-refractivity contribution in [3.05, 3.63) is 41.7 Å². The van der Waals surface area contributed by atoms with Crippen molar-refractivity contribution in [2.75, 3.05) is 24.7 Å². The van der Waals surface area contributed by atoms with Crippen LogP contribution in [-0.4, -0.2) is 37.1 Å². The molecule has 2 aliphatic heterocycles. The van der Waals surface area contributed by atoms with Gasteiger partial charge in [0.05, 0.1) is 31.5 Å². The van der Waals surface area contributed by atoms with Crippen LogP contribution in [0.2, 0.25) is 0 Å². The molecule has 0 aromatic heterocycles. The first-order valence-corrected chi connectivity index (χ1v) is 6.84. The summed E-state index contributed by atoms with van der Waals surface area (Å²) in [5.41, 5.74) is 0.901. The SMILES string of the molecule is O=C1O[C@@H](CO)CN1c1ccc(C2CC=CCO2)c(F)c1. The molecule has 0 bridgehead atoms. The lowest BCUT2D eigenvalue weighted by Gasteiger charge is -2.21. The molecule has 1 fully saturated rings. The van der Waals surface area contributed by atoms with Gasteiger partial charge in [-0.15, -0.1) is 0 Å². The molecule has 1 unspecified atom stereocenters. The van der Waals surface area contributed by atoms with Crippen LogP contribution in [0.5, 0.6) is 0 Å². The molecule has 6 heteroatoms. The third kappa shape index (κ3) is 2.77. The Bertz CT molecular complexity index is 575. The van der Waals surface area contributed by atoms with Gasteiger partial charge in [0.25, 0.3) is 0 Å². The lowest BCUT2D eigenvalue weighted by atomic mass is 10.0. The lowest BCUT2D eigenvalue weighted by molar-refractivity contribution is 0.0651. The summed E-state index contributed by atoms with van der Waals surface area (Å²) in [6.07, 6.45) is 3.07. The number of carbonyl (C=O) groups is 1. The van der Waals surface area contributed by atoms with E-state index in [1.54, 1.807) is 12.1 Å². The fourth-order valence-corrected chi connectivity index (χ4v) is 2.52. The first-order valence-electron chi connectivity index (χ1n) is 6.84. The summed E-state index contributed by atoms with van der Waals surface area (Å²) in [5.74, 6) is -0.409. The molecule has 1 aromatic rings. The first-order chi connectivity index (χ1) is 10.2. The minimum atomic E-state index is -0.571. The molecular weight excluding hydrogens is 277 g/mol. The second kappa shape index (κ2) is 5.83. The highest BCUT2D eigenvalue weighted by molar-refractivity contribution is 5.89. The minimum Gasteiger partial charge on any atom is -0.441 e. The van der Waals surface area contributed by atoms with Gasteiger partial charge < -0.3 is 14.6 Å². The van der Waals surface area contributed by atoms with Gasteiger partial charge in [0.2, 0.25) is 0 Å². The van der Waals surface area contributed by atoms with Crippen molar-refractivity contribution in [1.29, 1.82) is 0 Å². The molecule has 0 aliphatic carbocycles. The van der Waals surface area contributed by atoms with Crippen LogP contribution in [-0.2, 0) is 9.47 Å². The average Bonchev–Trinajstić information content (AvgIpc) is 2.89. The van der Waals surface area contributed by atoms with Gasteiger partial charge in [0, 0.05) is 5.56 Å². The van der Waals surface area contributed by atoms with Crippen LogP contribution in [0.25, 0.3) is 0 Å². The van der Waals surface area contributed by atoms with Crippen LogP contribution in [0.15, 0.2) is 30.4 Å². The normalized spacial score (nSPS) is 25.2. The summed E-state index contributed by atoms with van der Waals surface area (Å²) in [5, 5.41) is 9.02. The number of cyclic esters (lactones) is 1. The molecule has 2 heterocycles. The van der Waals surface area contributed by atoms with Crippen molar-refractivity contribution in [2.24, 2.45) is 0 Å². The highest BCUT2D eigenvalue weighted by Gasteiger charge is 2.32. The predicted octanol–water partition coefficient (Wildman–Crippen LogP) is 2.16. The number of hydrogen-bond donors (Lipinski definition) is 1. The Kier molecular flexibility index (Phi) is 3.90. The number of aliphatic hydroxyl groups is 1. The van der Waals surface area contributed by atoms with Crippen LogP contribution in [0.4, 0.5) is 14.9 Å². The Morgan fingerprint density at radius 3 is 2.86 bits per heavy atom. The van der Waals surface area contributed by atoms with E-state index in [0.29, 0.717) is 24.3 Å². The van der Waals surface area contributed by atoms with E-state index in [4.69, 9.17) is 14.6 Å². The Morgan fingerprint density at radius 1 is 1.38 bits per heavy atom. The molecule has 2 aliphatic rings. The summed E-state index contributed by atoms with van der Waals surface area (Å²) < 4.78 is 24.7. The van der Waals surface area contributed by atoms with E-state index < -0.39 is 18.0 Å². The van der Waals surface area contributed by atoms with Gasteiger partial charge in [-0.3, -0.25) is 4.90 Å². The van der Waals surface area contributed by atoms with Crippen LogP contribution >= 0.6 is 0 Å². The summed E-state index contributed by atoms with van der Waals surface area (Å²) in [6.45, 7) is 0.449. The van der Waals surface area contributed by atoms with Gasteiger partial charge in [0.1, 0.15) is 11.9 Å². The van der Waals surface area contributed by atoms with Gasteiger partial charge in [-0.2, -0.15) is 0 Å². The van der Waals surface area contributed by atoms with Crippen LogP contribution in [0.3, 0.4) is 0 Å². The van der Waals surface area contributed by atoms with E-state index in [1.807, 2.05) is 12.2 Å². The minimum absolute atomic E-state index is 0.219. The molecule has 1 aromatic carbocycles. The molecule has 3 rings (SSSR count). The molecule has 0 saturated carbocycles. The molecule has 0 radical (unpaired) electrons. The maximum Gasteiger partial charge on any atom is 0.414 e. The Hall–Kier alpha value is -1.92. The predicted molar refractivity (Wildman–Crippen MR) is 73.6 cm³/mol. The van der Waals surface area contributed by atoms with Crippen molar-refractivity contribution in [3.8, 4) is 0 Å². The van der Waals surface area contributed by atoms with E-state index >= 15 is 0 Å². The molecule has 5 nitrogen and oxygen atoms in total. The fourth-order valence-electron chi connectivity index (χ4n) is 2.52. The zero-order valence-electron chi connectivity index (χ0n) is 11.4. The molecule has 1 saturated heterocycles. The highest BCUT2D eigenvalue weighted by Crippen LogP contribution is 2.30. The summed E-state index contributed by atoms with van der Waals surface area (Å²) in [6, 6.07) is 4.60. The number of carbonyl (C=O) groups excluding carboxylic acids is 1. The van der Waals surface area contributed by atoms with Crippen LogP contribution < -0.4 is 4.90 Å². The van der Waals surface area contributed by atoms with Gasteiger partial charge in [-0.25, -0.2) is 9.18 Å². The van der Waals surface area contributed by atoms with Gasteiger partial charge in [0.15, 0.2) is 0 Å². The summed E-state index contributed by atoms with van der Waals surface area (Å²) >= 11 is 0. The van der Waals surface area contributed by atoms with E-state index in [2.05, 4.69) is 0 Å². The van der Waals surface area contributed by atoms with Gasteiger partial charge >= 0.3 is 6.09 Å². The van der Waals surface area contributed by atoms with E-state index in [-0.39, 0.29) is 19.3 Å². The van der Waals surface area contributed by atoms with Gasteiger partial charge in [-0.1, -0.05) is 18.2 Å². The number of hydrogen-bond acceptors (Lipinski definition) is 4. The molecule has 112 valence electrons. The van der Waals surface area contributed by atoms with Crippen LogP contribution in [0.1, 0.15) is 18.1 Å². The number of ether oxygens (including phenoxy) is 2. The lowest BCUT2D eigenvalue weighted by Crippen LogP contribution is -2.25.